The van der Waals surface area contributed by atoms with Crippen LogP contribution >= 0.6 is 0 Å². The van der Waals surface area contributed by atoms with Crippen LogP contribution in [0.3, 0.4) is 0 Å². The van der Waals surface area contributed by atoms with E-state index in [-0.39, 0.29) is 11.9 Å². The number of nitrogens with zero attached hydrogens (tertiary/aromatic N) is 2. The van der Waals surface area contributed by atoms with Gasteiger partial charge in [0.05, 0.1) is 18.4 Å². The van der Waals surface area contributed by atoms with Gasteiger partial charge in [0.25, 0.3) is 5.91 Å². The molecule has 0 fully saturated rings. The molecule has 0 bridgehead atoms. The molecule has 0 radical (unpaired) electrons. The van der Waals surface area contributed by atoms with Gasteiger partial charge in [-0.25, -0.2) is 4.98 Å². The third-order valence-corrected chi connectivity index (χ3v) is 2.86. The van der Waals surface area contributed by atoms with Crippen LogP contribution in [0.2, 0.25) is 0 Å². The van der Waals surface area contributed by atoms with E-state index in [2.05, 4.69) is 21.4 Å². The number of ether oxygens (including phenoxy) is 1. The molecule has 0 aliphatic rings. The van der Waals surface area contributed by atoms with Crippen molar-refractivity contribution in [3.05, 3.63) is 46.8 Å². The molecule has 1 aromatic heterocycles. The summed E-state index contributed by atoms with van der Waals surface area (Å²) in [7, 11) is 1.49. The minimum atomic E-state index is -0.227. The number of amides is 1. The summed E-state index contributed by atoms with van der Waals surface area (Å²) < 4.78 is 4.93. The van der Waals surface area contributed by atoms with Crippen molar-refractivity contribution in [1.29, 1.82) is 0 Å². The fourth-order valence-electron chi connectivity index (χ4n) is 2.01. The number of anilines is 1. The number of carbonyl (C=O) groups excluding carboxylic acids is 1. The van der Waals surface area contributed by atoms with Crippen LogP contribution in [0.5, 0.6) is 6.01 Å². The predicted molar refractivity (Wildman–Crippen MR) is 77.2 cm³/mol. The van der Waals surface area contributed by atoms with Crippen LogP contribution in [-0.4, -0.2) is 23.0 Å². The summed E-state index contributed by atoms with van der Waals surface area (Å²) in [6.45, 7) is 5.73. The van der Waals surface area contributed by atoms with Gasteiger partial charge < -0.3 is 10.1 Å². The minimum absolute atomic E-state index is 0.227. The molecule has 0 saturated heterocycles. The summed E-state index contributed by atoms with van der Waals surface area (Å²) in [6.07, 6.45) is 1.47. The van der Waals surface area contributed by atoms with Gasteiger partial charge in [0, 0.05) is 11.9 Å². The largest absolute Gasteiger partial charge is 0.467 e. The predicted octanol–water partition coefficient (Wildman–Crippen LogP) is 2.66. The molecule has 0 aliphatic heterocycles. The van der Waals surface area contributed by atoms with E-state index >= 15 is 0 Å². The second-order valence-corrected chi connectivity index (χ2v) is 4.69. The van der Waals surface area contributed by atoms with E-state index < -0.39 is 0 Å². The number of rotatable bonds is 3. The highest BCUT2D eigenvalue weighted by molar-refractivity contribution is 6.04. The topological polar surface area (TPSA) is 64.1 Å². The Hall–Kier alpha value is -2.43. The molecule has 20 heavy (non-hydrogen) atoms. The van der Waals surface area contributed by atoms with Gasteiger partial charge >= 0.3 is 6.01 Å². The molecule has 1 aromatic carbocycles. The molecule has 5 heteroatoms. The number of carbonyl (C=O) groups is 1. The Morgan fingerprint density at radius 2 is 1.80 bits per heavy atom. The SMILES string of the molecule is COc1ncc(C(=O)Nc2cc(C)cc(C)c2)c(C)n1. The zero-order chi connectivity index (χ0) is 14.7. The Morgan fingerprint density at radius 3 is 2.35 bits per heavy atom. The fourth-order valence-corrected chi connectivity index (χ4v) is 2.01. The standard InChI is InChI=1S/C15H17N3O2/c1-9-5-10(2)7-12(6-9)18-14(19)13-8-16-15(20-4)17-11(13)3/h5-8H,1-4H3,(H,18,19). The highest BCUT2D eigenvalue weighted by atomic mass is 16.5. The van der Waals surface area contributed by atoms with Gasteiger partial charge in [-0.1, -0.05) is 6.07 Å². The third-order valence-electron chi connectivity index (χ3n) is 2.86. The number of benzene rings is 1. The van der Waals surface area contributed by atoms with Crippen molar-refractivity contribution in [2.75, 3.05) is 12.4 Å². The highest BCUT2D eigenvalue weighted by Crippen LogP contribution is 2.16. The Labute approximate surface area is 118 Å². The lowest BCUT2D eigenvalue weighted by atomic mass is 10.1. The van der Waals surface area contributed by atoms with Crippen molar-refractivity contribution in [2.45, 2.75) is 20.8 Å². The van der Waals surface area contributed by atoms with Crippen molar-refractivity contribution in [3.63, 3.8) is 0 Å². The first-order chi connectivity index (χ1) is 9.49. The van der Waals surface area contributed by atoms with Crippen molar-refractivity contribution >= 4 is 11.6 Å². The van der Waals surface area contributed by atoms with E-state index in [1.807, 2.05) is 26.0 Å². The lowest BCUT2D eigenvalue weighted by Gasteiger charge is -2.09. The van der Waals surface area contributed by atoms with Crippen molar-refractivity contribution in [1.82, 2.24) is 9.97 Å². The molecule has 2 rings (SSSR count). The van der Waals surface area contributed by atoms with Crippen molar-refractivity contribution in [3.8, 4) is 6.01 Å². The number of methoxy groups -OCH3 is 1. The van der Waals surface area contributed by atoms with Crippen LogP contribution in [0, 0.1) is 20.8 Å². The zero-order valence-electron chi connectivity index (χ0n) is 12.0. The van der Waals surface area contributed by atoms with Gasteiger partial charge in [-0.15, -0.1) is 0 Å². The van der Waals surface area contributed by atoms with Gasteiger partial charge in [-0.2, -0.15) is 4.98 Å². The van der Waals surface area contributed by atoms with Crippen LogP contribution < -0.4 is 10.1 Å². The summed E-state index contributed by atoms with van der Waals surface area (Å²) in [5.41, 5.74) is 3.98. The Kier molecular flexibility index (Phi) is 3.98. The summed E-state index contributed by atoms with van der Waals surface area (Å²) in [4.78, 5) is 20.3. The number of hydrogen-bond acceptors (Lipinski definition) is 4. The molecule has 0 saturated carbocycles. The van der Waals surface area contributed by atoms with Gasteiger partial charge in [0.1, 0.15) is 0 Å². The van der Waals surface area contributed by atoms with E-state index in [1.54, 1.807) is 6.92 Å². The van der Waals surface area contributed by atoms with Crippen LogP contribution in [-0.2, 0) is 0 Å². The Balaban J connectivity index is 2.23. The quantitative estimate of drug-likeness (QED) is 0.932. The number of nitrogens with one attached hydrogen (secondary N) is 1. The molecule has 5 nitrogen and oxygen atoms in total. The van der Waals surface area contributed by atoms with E-state index in [0.717, 1.165) is 16.8 Å². The van der Waals surface area contributed by atoms with Crippen LogP contribution in [0.1, 0.15) is 27.2 Å². The summed E-state index contributed by atoms with van der Waals surface area (Å²) in [6, 6.07) is 6.15. The number of aromatic nitrogens is 2. The highest BCUT2D eigenvalue weighted by Gasteiger charge is 2.12. The number of aryl methyl sites for hydroxylation is 3. The van der Waals surface area contributed by atoms with E-state index in [0.29, 0.717) is 11.3 Å². The van der Waals surface area contributed by atoms with Gasteiger partial charge in [0.2, 0.25) is 0 Å². The average molecular weight is 271 g/mol. The maximum atomic E-state index is 12.2. The van der Waals surface area contributed by atoms with E-state index in [1.165, 1.54) is 13.3 Å². The molecular weight excluding hydrogens is 254 g/mol. The van der Waals surface area contributed by atoms with Gasteiger partial charge in [0.15, 0.2) is 0 Å². The second-order valence-electron chi connectivity index (χ2n) is 4.69. The van der Waals surface area contributed by atoms with Gasteiger partial charge in [-0.3, -0.25) is 4.79 Å². The van der Waals surface area contributed by atoms with Crippen LogP contribution in [0.25, 0.3) is 0 Å². The van der Waals surface area contributed by atoms with E-state index in [4.69, 9.17) is 4.74 Å². The zero-order valence-corrected chi connectivity index (χ0v) is 12.0. The third kappa shape index (κ3) is 3.12. The fraction of sp³-hybridized carbons (Fsp3) is 0.267. The van der Waals surface area contributed by atoms with Crippen molar-refractivity contribution < 1.29 is 9.53 Å². The Bertz CT molecular complexity index is 633. The minimum Gasteiger partial charge on any atom is -0.467 e. The lowest BCUT2D eigenvalue weighted by Crippen LogP contribution is -2.15. The normalized spacial score (nSPS) is 10.2. The first kappa shape index (κ1) is 14.0. The maximum absolute atomic E-state index is 12.2. The molecule has 1 amide bonds. The molecule has 0 spiro atoms. The molecule has 0 atom stereocenters. The summed E-state index contributed by atoms with van der Waals surface area (Å²) >= 11 is 0. The average Bonchev–Trinajstić information content (AvgIpc) is 2.36. The second kappa shape index (κ2) is 5.69. The van der Waals surface area contributed by atoms with Crippen LogP contribution in [0.4, 0.5) is 5.69 Å². The van der Waals surface area contributed by atoms with Crippen LogP contribution in [0.15, 0.2) is 24.4 Å². The molecule has 104 valence electrons. The lowest BCUT2D eigenvalue weighted by molar-refractivity contribution is 0.102. The smallest absolute Gasteiger partial charge is 0.316 e. The molecule has 1 heterocycles. The maximum Gasteiger partial charge on any atom is 0.316 e. The summed E-state index contributed by atoms with van der Waals surface area (Å²) in [5, 5.41) is 2.86. The summed E-state index contributed by atoms with van der Waals surface area (Å²) in [5.74, 6) is -0.227. The Morgan fingerprint density at radius 1 is 1.15 bits per heavy atom. The molecule has 0 aliphatic carbocycles. The van der Waals surface area contributed by atoms with Gasteiger partial charge in [-0.05, 0) is 44.0 Å². The number of hydrogen-bond donors (Lipinski definition) is 1. The molecule has 2 aromatic rings. The molecular formula is C15H17N3O2. The monoisotopic (exact) mass is 271 g/mol. The molecule has 0 unspecified atom stereocenters. The first-order valence-electron chi connectivity index (χ1n) is 6.27. The first-order valence-corrected chi connectivity index (χ1v) is 6.27. The molecule has 1 N–H and O–H groups in total. The van der Waals surface area contributed by atoms with E-state index in [9.17, 15) is 4.79 Å². The van der Waals surface area contributed by atoms with Crippen molar-refractivity contribution in [2.24, 2.45) is 0 Å².